The number of hydrogen-bond acceptors (Lipinski definition) is 3. The Kier molecular flexibility index (Phi) is 6.19. The van der Waals surface area contributed by atoms with Crippen LogP contribution in [0, 0.1) is 11.8 Å². The smallest absolute Gasteiger partial charge is 0.0544 e. The first-order chi connectivity index (χ1) is 10.0. The molecule has 2 unspecified atom stereocenters. The predicted molar refractivity (Wildman–Crippen MR) is 89.1 cm³/mol. The van der Waals surface area contributed by atoms with Crippen molar-refractivity contribution >= 4 is 0 Å². The van der Waals surface area contributed by atoms with Gasteiger partial charge in [-0.2, -0.15) is 0 Å². The number of aromatic nitrogens is 1. The van der Waals surface area contributed by atoms with E-state index in [2.05, 4.69) is 55.0 Å². The third-order valence-corrected chi connectivity index (χ3v) is 4.41. The van der Waals surface area contributed by atoms with Crippen molar-refractivity contribution in [2.75, 3.05) is 13.1 Å². The van der Waals surface area contributed by atoms with Gasteiger partial charge in [-0.3, -0.25) is 9.88 Å². The van der Waals surface area contributed by atoms with Crippen molar-refractivity contribution in [2.45, 2.75) is 59.7 Å². The van der Waals surface area contributed by atoms with Crippen molar-refractivity contribution in [3.8, 4) is 0 Å². The largest absolute Gasteiger partial charge is 0.312 e. The van der Waals surface area contributed by atoms with Crippen LogP contribution in [-0.2, 0) is 13.1 Å². The summed E-state index contributed by atoms with van der Waals surface area (Å²) in [6, 6.07) is 5.09. The fraction of sp³-hybridized carbons (Fsp3) is 0.722. The van der Waals surface area contributed by atoms with Gasteiger partial charge in [0.05, 0.1) is 5.69 Å². The maximum Gasteiger partial charge on any atom is 0.0544 e. The maximum atomic E-state index is 4.64. The quantitative estimate of drug-likeness (QED) is 0.869. The van der Waals surface area contributed by atoms with Gasteiger partial charge in [-0.05, 0) is 56.3 Å². The molecular weight excluding hydrogens is 258 g/mol. The summed E-state index contributed by atoms with van der Waals surface area (Å²) in [6.07, 6.45) is 4.67. The van der Waals surface area contributed by atoms with E-state index in [1.54, 1.807) is 0 Å². The number of nitrogens with zero attached hydrogens (tertiary/aromatic N) is 2. The van der Waals surface area contributed by atoms with Gasteiger partial charge in [-0.1, -0.05) is 26.8 Å². The van der Waals surface area contributed by atoms with E-state index in [4.69, 9.17) is 0 Å². The van der Waals surface area contributed by atoms with Crippen molar-refractivity contribution in [3.63, 3.8) is 0 Å². The summed E-state index contributed by atoms with van der Waals surface area (Å²) >= 11 is 0. The van der Waals surface area contributed by atoms with Crippen LogP contribution in [-0.4, -0.2) is 29.0 Å². The normalized spacial score (nSPS) is 23.7. The zero-order chi connectivity index (χ0) is 15.2. The molecule has 2 heterocycles. The highest BCUT2D eigenvalue weighted by atomic mass is 15.2. The topological polar surface area (TPSA) is 28.2 Å². The zero-order valence-corrected chi connectivity index (χ0v) is 14.1. The monoisotopic (exact) mass is 289 g/mol. The first-order valence-corrected chi connectivity index (χ1v) is 8.43. The van der Waals surface area contributed by atoms with Gasteiger partial charge in [0.2, 0.25) is 0 Å². The lowest BCUT2D eigenvalue weighted by molar-refractivity contribution is 0.120. The average Bonchev–Trinajstić information content (AvgIpc) is 2.43. The summed E-state index contributed by atoms with van der Waals surface area (Å²) in [6.45, 7) is 13.4. The molecule has 0 radical (unpaired) electrons. The molecule has 1 saturated heterocycles. The van der Waals surface area contributed by atoms with Gasteiger partial charge >= 0.3 is 0 Å². The van der Waals surface area contributed by atoms with Crippen LogP contribution in [0.3, 0.4) is 0 Å². The first-order valence-electron chi connectivity index (χ1n) is 8.43. The second kappa shape index (κ2) is 7.90. The molecular formula is C18H31N3. The Bertz CT molecular complexity index is 413. The molecule has 2 rings (SSSR count). The molecule has 21 heavy (non-hydrogen) atoms. The van der Waals surface area contributed by atoms with Crippen LogP contribution in [0.4, 0.5) is 0 Å². The molecule has 0 aliphatic carbocycles. The second-order valence-electron chi connectivity index (χ2n) is 7.13. The minimum atomic E-state index is 0.683. The number of rotatable bonds is 6. The minimum Gasteiger partial charge on any atom is -0.312 e. The number of nitrogens with one attached hydrogen (secondary N) is 1. The SMILES string of the molecule is CC(C)CNCc1ccc(CN2CCC(C)CC2C)nc1. The molecule has 1 aromatic heterocycles. The fourth-order valence-electron chi connectivity index (χ4n) is 3.06. The van der Waals surface area contributed by atoms with E-state index < -0.39 is 0 Å². The lowest BCUT2D eigenvalue weighted by Gasteiger charge is -2.36. The van der Waals surface area contributed by atoms with Crippen LogP contribution in [0.1, 0.15) is 51.8 Å². The highest BCUT2D eigenvalue weighted by Crippen LogP contribution is 2.23. The molecule has 1 aliphatic rings. The van der Waals surface area contributed by atoms with Crippen molar-refractivity contribution in [1.29, 1.82) is 0 Å². The van der Waals surface area contributed by atoms with Crippen LogP contribution in [0.15, 0.2) is 18.3 Å². The lowest BCUT2D eigenvalue weighted by atomic mass is 9.93. The number of likely N-dealkylation sites (tertiary alicyclic amines) is 1. The fourth-order valence-corrected chi connectivity index (χ4v) is 3.06. The maximum absolute atomic E-state index is 4.64. The average molecular weight is 289 g/mol. The van der Waals surface area contributed by atoms with Gasteiger partial charge in [0, 0.05) is 25.3 Å². The molecule has 1 aromatic rings. The minimum absolute atomic E-state index is 0.683. The first kappa shape index (κ1) is 16.4. The van der Waals surface area contributed by atoms with Crippen molar-refractivity contribution < 1.29 is 0 Å². The highest BCUT2D eigenvalue weighted by Gasteiger charge is 2.22. The lowest BCUT2D eigenvalue weighted by Crippen LogP contribution is -2.39. The van der Waals surface area contributed by atoms with Crippen LogP contribution in [0.5, 0.6) is 0 Å². The van der Waals surface area contributed by atoms with Gasteiger partial charge in [0.15, 0.2) is 0 Å². The zero-order valence-electron chi connectivity index (χ0n) is 14.1. The van der Waals surface area contributed by atoms with E-state index in [9.17, 15) is 0 Å². The van der Waals surface area contributed by atoms with E-state index in [1.807, 2.05) is 6.20 Å². The van der Waals surface area contributed by atoms with Crippen LogP contribution in [0.25, 0.3) is 0 Å². The highest BCUT2D eigenvalue weighted by molar-refractivity contribution is 5.14. The predicted octanol–water partition coefficient (Wildman–Crippen LogP) is 3.45. The molecule has 0 bridgehead atoms. The second-order valence-corrected chi connectivity index (χ2v) is 7.13. The summed E-state index contributed by atoms with van der Waals surface area (Å²) < 4.78 is 0. The van der Waals surface area contributed by atoms with Gasteiger partial charge < -0.3 is 5.32 Å². The van der Waals surface area contributed by atoms with Crippen molar-refractivity contribution in [1.82, 2.24) is 15.2 Å². The third-order valence-electron chi connectivity index (χ3n) is 4.41. The Labute approximate surface area is 130 Å². The molecule has 2 atom stereocenters. The summed E-state index contributed by atoms with van der Waals surface area (Å²) in [5.74, 6) is 1.57. The molecule has 0 spiro atoms. The van der Waals surface area contributed by atoms with E-state index in [0.717, 1.165) is 25.6 Å². The third kappa shape index (κ3) is 5.40. The molecule has 0 amide bonds. The summed E-state index contributed by atoms with van der Waals surface area (Å²) in [4.78, 5) is 7.21. The molecule has 3 heteroatoms. The van der Waals surface area contributed by atoms with Crippen LogP contribution >= 0.6 is 0 Å². The standard InChI is InChI=1S/C18H31N3/c1-14(2)10-19-11-17-5-6-18(20-12-17)13-21-8-7-15(3)9-16(21)4/h5-6,12,14-16,19H,7-11,13H2,1-4H3. The summed E-state index contributed by atoms with van der Waals surface area (Å²) in [7, 11) is 0. The van der Waals surface area contributed by atoms with Crippen LogP contribution in [0.2, 0.25) is 0 Å². The van der Waals surface area contributed by atoms with Crippen molar-refractivity contribution in [3.05, 3.63) is 29.6 Å². The molecule has 0 aromatic carbocycles. The van der Waals surface area contributed by atoms with Crippen LogP contribution < -0.4 is 5.32 Å². The Morgan fingerprint density at radius 1 is 1.33 bits per heavy atom. The van der Waals surface area contributed by atoms with E-state index >= 15 is 0 Å². The molecule has 1 aliphatic heterocycles. The van der Waals surface area contributed by atoms with E-state index in [0.29, 0.717) is 12.0 Å². The Morgan fingerprint density at radius 3 is 2.76 bits per heavy atom. The molecule has 3 nitrogen and oxygen atoms in total. The number of piperidine rings is 1. The molecule has 0 saturated carbocycles. The number of pyridine rings is 1. The summed E-state index contributed by atoms with van der Waals surface area (Å²) in [5, 5.41) is 3.46. The molecule has 118 valence electrons. The van der Waals surface area contributed by atoms with Gasteiger partial charge in [-0.15, -0.1) is 0 Å². The summed E-state index contributed by atoms with van der Waals surface area (Å²) in [5.41, 5.74) is 2.48. The van der Waals surface area contributed by atoms with Gasteiger partial charge in [0.25, 0.3) is 0 Å². The number of hydrogen-bond donors (Lipinski definition) is 1. The Balaban J connectivity index is 1.82. The molecule has 1 fully saturated rings. The van der Waals surface area contributed by atoms with Gasteiger partial charge in [0.1, 0.15) is 0 Å². The van der Waals surface area contributed by atoms with Gasteiger partial charge in [-0.25, -0.2) is 0 Å². The van der Waals surface area contributed by atoms with E-state index in [1.165, 1.54) is 30.6 Å². The van der Waals surface area contributed by atoms with Crippen molar-refractivity contribution in [2.24, 2.45) is 11.8 Å². The molecule has 1 N–H and O–H groups in total. The Hall–Kier alpha value is -0.930. The Morgan fingerprint density at radius 2 is 2.14 bits per heavy atom. The van der Waals surface area contributed by atoms with E-state index in [-0.39, 0.29) is 0 Å².